The number of anilines is 1. The molecule has 0 bridgehead atoms. The first-order chi connectivity index (χ1) is 13.3. The van der Waals surface area contributed by atoms with E-state index in [0.29, 0.717) is 11.3 Å². The number of rotatable bonds is 4. The molecule has 0 spiro atoms. The fourth-order valence-corrected chi connectivity index (χ4v) is 2.84. The van der Waals surface area contributed by atoms with Crippen molar-refractivity contribution in [2.75, 3.05) is 5.32 Å². The summed E-state index contributed by atoms with van der Waals surface area (Å²) in [6, 6.07) is 30.4. The molecule has 4 aromatic rings. The fraction of sp³-hybridized carbons (Fsp3) is 0. The Balaban J connectivity index is 1.49. The highest BCUT2D eigenvalue weighted by Gasteiger charge is 2.09. The zero-order valence-electron chi connectivity index (χ0n) is 14.5. The number of nitrogens with zero attached hydrogens (tertiary/aromatic N) is 2. The summed E-state index contributed by atoms with van der Waals surface area (Å²) in [7, 11) is 0. The van der Waals surface area contributed by atoms with E-state index in [1.165, 1.54) is 0 Å². The van der Waals surface area contributed by atoms with Gasteiger partial charge >= 0.3 is 0 Å². The number of carbonyl (C=O) groups is 1. The maximum Gasteiger partial charge on any atom is 0.256 e. The number of azo groups is 1. The van der Waals surface area contributed by atoms with Gasteiger partial charge in [-0.2, -0.15) is 10.2 Å². The van der Waals surface area contributed by atoms with E-state index in [0.717, 1.165) is 22.1 Å². The molecule has 0 unspecified atom stereocenters. The molecule has 0 saturated heterocycles. The largest absolute Gasteiger partial charge is 0.322 e. The lowest BCUT2D eigenvalue weighted by atomic mass is 10.0. The minimum atomic E-state index is -0.134. The van der Waals surface area contributed by atoms with E-state index in [9.17, 15) is 4.79 Å². The molecule has 0 radical (unpaired) electrons. The predicted molar refractivity (Wildman–Crippen MR) is 109 cm³/mol. The predicted octanol–water partition coefficient (Wildman–Crippen LogP) is 6.51. The highest BCUT2D eigenvalue weighted by atomic mass is 16.1. The van der Waals surface area contributed by atoms with E-state index in [4.69, 9.17) is 0 Å². The van der Waals surface area contributed by atoms with E-state index in [-0.39, 0.29) is 5.91 Å². The van der Waals surface area contributed by atoms with Crippen LogP contribution >= 0.6 is 0 Å². The van der Waals surface area contributed by atoms with Crippen LogP contribution in [0.25, 0.3) is 10.8 Å². The highest BCUT2D eigenvalue weighted by Crippen LogP contribution is 2.22. The van der Waals surface area contributed by atoms with Crippen molar-refractivity contribution in [3.8, 4) is 0 Å². The van der Waals surface area contributed by atoms with Crippen molar-refractivity contribution in [3.05, 3.63) is 103 Å². The second kappa shape index (κ2) is 7.62. The molecule has 4 aromatic carbocycles. The van der Waals surface area contributed by atoms with Crippen LogP contribution in [0.2, 0.25) is 0 Å². The Bertz CT molecular complexity index is 1100. The van der Waals surface area contributed by atoms with Crippen LogP contribution in [0.4, 0.5) is 17.1 Å². The second-order valence-corrected chi connectivity index (χ2v) is 6.06. The molecule has 27 heavy (non-hydrogen) atoms. The second-order valence-electron chi connectivity index (χ2n) is 6.06. The first kappa shape index (κ1) is 16.7. The molecule has 0 aromatic heterocycles. The van der Waals surface area contributed by atoms with Gasteiger partial charge in [-0.1, -0.05) is 54.6 Å². The molecule has 130 valence electrons. The summed E-state index contributed by atoms with van der Waals surface area (Å²) in [5.74, 6) is -0.134. The fourth-order valence-electron chi connectivity index (χ4n) is 2.84. The topological polar surface area (TPSA) is 53.8 Å². The van der Waals surface area contributed by atoms with Gasteiger partial charge in [0.1, 0.15) is 0 Å². The van der Waals surface area contributed by atoms with Crippen molar-refractivity contribution in [2.45, 2.75) is 0 Å². The van der Waals surface area contributed by atoms with Crippen LogP contribution in [0.3, 0.4) is 0 Å². The SMILES string of the molecule is O=C(Nc1ccc(N=Nc2ccccc2)cc1)c1cccc2ccccc12. The number of fused-ring (bicyclic) bond motifs is 1. The van der Waals surface area contributed by atoms with E-state index >= 15 is 0 Å². The molecular weight excluding hydrogens is 334 g/mol. The van der Waals surface area contributed by atoms with Gasteiger partial charge in [0, 0.05) is 11.3 Å². The van der Waals surface area contributed by atoms with E-state index in [2.05, 4.69) is 15.5 Å². The summed E-state index contributed by atoms with van der Waals surface area (Å²) in [6.07, 6.45) is 0. The van der Waals surface area contributed by atoms with Crippen LogP contribution in [-0.2, 0) is 0 Å². The van der Waals surface area contributed by atoms with Gasteiger partial charge in [-0.15, -0.1) is 0 Å². The van der Waals surface area contributed by atoms with Gasteiger partial charge < -0.3 is 5.32 Å². The average Bonchev–Trinajstić information content (AvgIpc) is 2.73. The maximum absolute atomic E-state index is 12.7. The molecule has 0 aliphatic heterocycles. The Morgan fingerprint density at radius 1 is 0.630 bits per heavy atom. The Kier molecular flexibility index (Phi) is 4.70. The molecule has 0 fully saturated rings. The highest BCUT2D eigenvalue weighted by molar-refractivity contribution is 6.12. The van der Waals surface area contributed by atoms with Crippen molar-refractivity contribution in [1.29, 1.82) is 0 Å². The molecule has 0 aliphatic carbocycles. The molecule has 0 heterocycles. The number of amides is 1. The minimum Gasteiger partial charge on any atom is -0.322 e. The van der Waals surface area contributed by atoms with Gasteiger partial charge in [0.05, 0.1) is 11.4 Å². The van der Waals surface area contributed by atoms with Gasteiger partial charge in [0.15, 0.2) is 0 Å². The molecule has 4 nitrogen and oxygen atoms in total. The van der Waals surface area contributed by atoms with Gasteiger partial charge in [0.25, 0.3) is 5.91 Å². The number of nitrogens with one attached hydrogen (secondary N) is 1. The summed E-state index contributed by atoms with van der Waals surface area (Å²) in [6.45, 7) is 0. The summed E-state index contributed by atoms with van der Waals surface area (Å²) in [5, 5.41) is 13.3. The third-order valence-corrected chi connectivity index (χ3v) is 4.20. The molecule has 0 atom stereocenters. The van der Waals surface area contributed by atoms with Crippen molar-refractivity contribution in [1.82, 2.24) is 0 Å². The van der Waals surface area contributed by atoms with E-state index in [1.807, 2.05) is 97.1 Å². The lowest BCUT2D eigenvalue weighted by Crippen LogP contribution is -2.12. The molecule has 0 aliphatic rings. The van der Waals surface area contributed by atoms with Gasteiger partial charge in [0.2, 0.25) is 0 Å². The lowest BCUT2D eigenvalue weighted by molar-refractivity contribution is 0.102. The Hall–Kier alpha value is -3.79. The van der Waals surface area contributed by atoms with Gasteiger partial charge in [-0.05, 0) is 53.2 Å². The number of benzene rings is 4. The molecule has 1 N–H and O–H groups in total. The van der Waals surface area contributed by atoms with Crippen molar-refractivity contribution in [2.24, 2.45) is 10.2 Å². The van der Waals surface area contributed by atoms with Crippen LogP contribution in [0, 0.1) is 0 Å². The third kappa shape index (κ3) is 3.90. The monoisotopic (exact) mass is 351 g/mol. The smallest absolute Gasteiger partial charge is 0.256 e. The number of hydrogen-bond acceptors (Lipinski definition) is 3. The van der Waals surface area contributed by atoms with Crippen LogP contribution < -0.4 is 5.32 Å². The van der Waals surface area contributed by atoms with Gasteiger partial charge in [-0.25, -0.2) is 0 Å². The van der Waals surface area contributed by atoms with Crippen LogP contribution in [0.15, 0.2) is 107 Å². The number of carbonyl (C=O) groups excluding carboxylic acids is 1. The molecular formula is C23H17N3O. The minimum absolute atomic E-state index is 0.134. The van der Waals surface area contributed by atoms with Gasteiger partial charge in [-0.3, -0.25) is 4.79 Å². The van der Waals surface area contributed by atoms with Crippen molar-refractivity contribution >= 4 is 33.7 Å². The standard InChI is InChI=1S/C23H17N3O/c27-23(22-12-6-8-17-7-4-5-11-21(17)22)24-18-13-15-20(16-14-18)26-25-19-9-2-1-3-10-19/h1-16H,(H,24,27). The molecule has 1 amide bonds. The quantitative estimate of drug-likeness (QED) is 0.419. The normalized spacial score (nSPS) is 11.0. The zero-order valence-corrected chi connectivity index (χ0v) is 14.5. The average molecular weight is 351 g/mol. The summed E-state index contributed by atoms with van der Waals surface area (Å²) in [5.41, 5.74) is 2.89. The lowest BCUT2D eigenvalue weighted by Gasteiger charge is -2.08. The first-order valence-corrected chi connectivity index (χ1v) is 8.65. The zero-order chi connectivity index (χ0) is 18.5. The van der Waals surface area contributed by atoms with Crippen LogP contribution in [-0.4, -0.2) is 5.91 Å². The Labute approximate surface area is 157 Å². The molecule has 4 rings (SSSR count). The van der Waals surface area contributed by atoms with Crippen molar-refractivity contribution < 1.29 is 4.79 Å². The molecule has 0 saturated carbocycles. The van der Waals surface area contributed by atoms with E-state index < -0.39 is 0 Å². The van der Waals surface area contributed by atoms with E-state index in [1.54, 1.807) is 0 Å². The Morgan fingerprint density at radius 2 is 1.26 bits per heavy atom. The first-order valence-electron chi connectivity index (χ1n) is 8.65. The molecule has 4 heteroatoms. The summed E-state index contributed by atoms with van der Waals surface area (Å²) in [4.78, 5) is 12.7. The number of hydrogen-bond donors (Lipinski definition) is 1. The van der Waals surface area contributed by atoms with Crippen molar-refractivity contribution in [3.63, 3.8) is 0 Å². The Morgan fingerprint density at radius 3 is 2.04 bits per heavy atom. The summed E-state index contributed by atoms with van der Waals surface area (Å²) < 4.78 is 0. The third-order valence-electron chi connectivity index (χ3n) is 4.20. The maximum atomic E-state index is 12.7. The summed E-state index contributed by atoms with van der Waals surface area (Å²) >= 11 is 0. The van der Waals surface area contributed by atoms with Crippen LogP contribution in [0.1, 0.15) is 10.4 Å². The van der Waals surface area contributed by atoms with Crippen LogP contribution in [0.5, 0.6) is 0 Å².